The maximum absolute atomic E-state index is 6.17. The third kappa shape index (κ3) is 4.52. The van der Waals surface area contributed by atoms with Gasteiger partial charge in [0.2, 0.25) is 0 Å². The van der Waals surface area contributed by atoms with E-state index in [-0.39, 0.29) is 0 Å². The van der Waals surface area contributed by atoms with E-state index in [0.29, 0.717) is 6.04 Å². The zero-order chi connectivity index (χ0) is 10.2. The maximum Gasteiger partial charge on any atom is 0.0345 e. The van der Waals surface area contributed by atoms with E-state index < -0.39 is 0 Å². The Morgan fingerprint density at radius 2 is 2.14 bits per heavy atom. The second-order valence-electron chi connectivity index (χ2n) is 4.00. The van der Waals surface area contributed by atoms with Gasteiger partial charge in [0.1, 0.15) is 0 Å². The van der Waals surface area contributed by atoms with E-state index in [2.05, 4.69) is 13.0 Å². The first-order valence-corrected chi connectivity index (χ1v) is 7.02. The highest BCUT2D eigenvalue weighted by Gasteiger charge is 2.09. The van der Waals surface area contributed by atoms with Gasteiger partial charge in [0.25, 0.3) is 0 Å². The molecule has 0 aromatic carbocycles. The summed E-state index contributed by atoms with van der Waals surface area (Å²) < 4.78 is 0. The van der Waals surface area contributed by atoms with Crippen molar-refractivity contribution in [1.29, 1.82) is 0 Å². The molecule has 0 bridgehead atoms. The van der Waals surface area contributed by atoms with Gasteiger partial charge in [0.05, 0.1) is 0 Å². The Balaban J connectivity index is 2.37. The molecular weight excluding hydrogens is 190 g/mol. The van der Waals surface area contributed by atoms with E-state index in [1.807, 2.05) is 11.8 Å². The molecule has 0 amide bonds. The monoisotopic (exact) mass is 213 g/mol. The molecule has 0 fully saturated rings. The van der Waals surface area contributed by atoms with Crippen LogP contribution < -0.4 is 5.73 Å². The van der Waals surface area contributed by atoms with E-state index in [0.717, 1.165) is 5.75 Å². The summed E-state index contributed by atoms with van der Waals surface area (Å²) in [6.07, 6.45) is 10.4. The number of nitrogens with two attached hydrogens (primary N) is 1. The molecule has 1 unspecified atom stereocenters. The predicted molar refractivity (Wildman–Crippen MR) is 66.8 cm³/mol. The average molecular weight is 213 g/mol. The van der Waals surface area contributed by atoms with Gasteiger partial charge in [-0.15, -0.1) is 0 Å². The lowest BCUT2D eigenvalue weighted by atomic mass is 9.96. The summed E-state index contributed by atoms with van der Waals surface area (Å²) in [5.74, 6) is 2.28. The van der Waals surface area contributed by atoms with E-state index in [4.69, 9.17) is 5.73 Å². The van der Waals surface area contributed by atoms with Crippen molar-refractivity contribution >= 4 is 11.8 Å². The van der Waals surface area contributed by atoms with Crippen LogP contribution in [0.2, 0.25) is 0 Å². The van der Waals surface area contributed by atoms with Crippen molar-refractivity contribution in [3.8, 4) is 0 Å². The van der Waals surface area contributed by atoms with Gasteiger partial charge in [-0.3, -0.25) is 0 Å². The topological polar surface area (TPSA) is 26.0 Å². The zero-order valence-electron chi connectivity index (χ0n) is 9.30. The number of hydrogen-bond acceptors (Lipinski definition) is 2. The standard InChI is InChI=1S/C12H23NS/c1-2-14-10-12(13)11-8-6-4-3-5-7-9-11/h8,12H,2-7,9-10,13H2,1H3. The first-order chi connectivity index (χ1) is 6.84. The van der Waals surface area contributed by atoms with Crippen LogP contribution in [0.1, 0.15) is 45.4 Å². The lowest BCUT2D eigenvalue weighted by molar-refractivity contribution is 0.606. The van der Waals surface area contributed by atoms with Crippen LogP contribution in [0.15, 0.2) is 11.6 Å². The summed E-state index contributed by atoms with van der Waals surface area (Å²) in [6.45, 7) is 2.20. The van der Waals surface area contributed by atoms with E-state index in [1.54, 1.807) is 0 Å². The molecule has 82 valence electrons. The Morgan fingerprint density at radius 3 is 2.93 bits per heavy atom. The van der Waals surface area contributed by atoms with Crippen LogP contribution in [-0.2, 0) is 0 Å². The van der Waals surface area contributed by atoms with Gasteiger partial charge in [-0.05, 0) is 31.4 Å². The predicted octanol–water partition coefficient (Wildman–Crippen LogP) is 3.35. The summed E-state index contributed by atoms with van der Waals surface area (Å²) >= 11 is 1.96. The lowest BCUT2D eigenvalue weighted by Gasteiger charge is -2.17. The van der Waals surface area contributed by atoms with Crippen molar-refractivity contribution in [2.24, 2.45) is 5.73 Å². The SMILES string of the molecule is CCSCC(N)C1=CCCCCCC1. The van der Waals surface area contributed by atoms with Crippen molar-refractivity contribution in [1.82, 2.24) is 0 Å². The highest BCUT2D eigenvalue weighted by atomic mass is 32.2. The van der Waals surface area contributed by atoms with Gasteiger partial charge < -0.3 is 5.73 Å². The average Bonchev–Trinajstić information content (AvgIpc) is 2.13. The summed E-state index contributed by atoms with van der Waals surface area (Å²) in [6, 6.07) is 0.318. The molecule has 0 saturated carbocycles. The molecule has 0 aliphatic heterocycles. The van der Waals surface area contributed by atoms with Crippen LogP contribution in [0.4, 0.5) is 0 Å². The molecule has 1 rings (SSSR count). The van der Waals surface area contributed by atoms with Crippen LogP contribution in [0.25, 0.3) is 0 Å². The minimum absolute atomic E-state index is 0.318. The van der Waals surface area contributed by atoms with Gasteiger partial charge in [-0.25, -0.2) is 0 Å². The second-order valence-corrected chi connectivity index (χ2v) is 5.32. The van der Waals surface area contributed by atoms with Gasteiger partial charge in [-0.2, -0.15) is 11.8 Å². The lowest BCUT2D eigenvalue weighted by Crippen LogP contribution is -2.26. The Labute approximate surface area is 92.5 Å². The summed E-state index contributed by atoms with van der Waals surface area (Å²) in [5.41, 5.74) is 7.68. The number of thioether (sulfide) groups is 1. The molecule has 1 atom stereocenters. The maximum atomic E-state index is 6.17. The minimum atomic E-state index is 0.318. The largest absolute Gasteiger partial charge is 0.324 e. The van der Waals surface area contributed by atoms with Gasteiger partial charge in [-0.1, -0.05) is 31.4 Å². The van der Waals surface area contributed by atoms with Crippen LogP contribution >= 0.6 is 11.8 Å². The molecule has 0 heterocycles. The van der Waals surface area contributed by atoms with E-state index >= 15 is 0 Å². The number of rotatable bonds is 4. The molecule has 0 aromatic heterocycles. The quantitative estimate of drug-likeness (QED) is 0.725. The normalized spacial score (nSPS) is 20.9. The minimum Gasteiger partial charge on any atom is -0.324 e. The summed E-state index contributed by atoms with van der Waals surface area (Å²) in [7, 11) is 0. The van der Waals surface area contributed by atoms with Gasteiger partial charge in [0.15, 0.2) is 0 Å². The van der Waals surface area contributed by atoms with Crippen LogP contribution in [0.5, 0.6) is 0 Å². The summed E-state index contributed by atoms with van der Waals surface area (Å²) in [5, 5.41) is 0. The van der Waals surface area contributed by atoms with Crippen molar-refractivity contribution in [3.63, 3.8) is 0 Å². The van der Waals surface area contributed by atoms with Gasteiger partial charge in [0, 0.05) is 11.8 Å². The highest BCUT2D eigenvalue weighted by Crippen LogP contribution is 2.20. The van der Waals surface area contributed by atoms with Crippen LogP contribution in [0.3, 0.4) is 0 Å². The third-order valence-electron chi connectivity index (χ3n) is 2.80. The third-order valence-corrected chi connectivity index (χ3v) is 3.81. The molecule has 1 aliphatic carbocycles. The van der Waals surface area contributed by atoms with Crippen molar-refractivity contribution in [3.05, 3.63) is 11.6 Å². The zero-order valence-corrected chi connectivity index (χ0v) is 10.1. The highest BCUT2D eigenvalue weighted by molar-refractivity contribution is 7.99. The molecule has 2 heteroatoms. The summed E-state index contributed by atoms with van der Waals surface area (Å²) in [4.78, 5) is 0. The van der Waals surface area contributed by atoms with Crippen molar-refractivity contribution in [2.45, 2.75) is 51.5 Å². The molecule has 14 heavy (non-hydrogen) atoms. The number of hydrogen-bond donors (Lipinski definition) is 1. The Hall–Kier alpha value is 0.0500. The van der Waals surface area contributed by atoms with Gasteiger partial charge >= 0.3 is 0 Å². The Morgan fingerprint density at radius 1 is 1.36 bits per heavy atom. The van der Waals surface area contributed by atoms with E-state index in [1.165, 1.54) is 49.9 Å². The first kappa shape index (κ1) is 12.1. The molecule has 0 radical (unpaired) electrons. The molecule has 0 saturated heterocycles. The Kier molecular flexibility index (Phi) is 6.37. The molecule has 2 N–H and O–H groups in total. The molecule has 0 spiro atoms. The molecule has 1 nitrogen and oxygen atoms in total. The fourth-order valence-corrected chi connectivity index (χ4v) is 2.61. The molecule has 1 aliphatic rings. The van der Waals surface area contributed by atoms with Crippen molar-refractivity contribution < 1.29 is 0 Å². The van der Waals surface area contributed by atoms with Crippen molar-refractivity contribution in [2.75, 3.05) is 11.5 Å². The van der Waals surface area contributed by atoms with Crippen LogP contribution in [-0.4, -0.2) is 17.5 Å². The number of allylic oxidation sites excluding steroid dienone is 1. The fourth-order valence-electron chi connectivity index (χ4n) is 1.91. The first-order valence-electron chi connectivity index (χ1n) is 5.87. The molecule has 0 aromatic rings. The second kappa shape index (κ2) is 7.36. The smallest absolute Gasteiger partial charge is 0.0345 e. The molecular formula is C12H23NS. The van der Waals surface area contributed by atoms with E-state index in [9.17, 15) is 0 Å². The fraction of sp³-hybridized carbons (Fsp3) is 0.833. The van der Waals surface area contributed by atoms with Crippen LogP contribution in [0, 0.1) is 0 Å². The Bertz CT molecular complexity index is 177.